The smallest absolute Gasteiger partial charge is 0.181 e. The van der Waals surface area contributed by atoms with E-state index in [1.807, 2.05) is 59.3 Å². The summed E-state index contributed by atoms with van der Waals surface area (Å²) in [5.74, 6) is 0.656. The molecule has 0 saturated heterocycles. The minimum atomic E-state index is 0.643. The van der Waals surface area contributed by atoms with Crippen LogP contribution in [0.1, 0.15) is 4.88 Å². The lowest BCUT2D eigenvalue weighted by Crippen LogP contribution is -2.11. The summed E-state index contributed by atoms with van der Waals surface area (Å²) < 4.78 is 3.66. The number of hydrogen-bond acceptors (Lipinski definition) is 11. The van der Waals surface area contributed by atoms with Crippen molar-refractivity contribution in [3.63, 3.8) is 0 Å². The highest BCUT2D eigenvalue weighted by atomic mass is 32.1. The summed E-state index contributed by atoms with van der Waals surface area (Å²) in [7, 11) is 0. The molecule has 11 nitrogen and oxygen atoms in total. The van der Waals surface area contributed by atoms with Crippen LogP contribution in [0.3, 0.4) is 0 Å². The number of benzene rings is 4. The molecule has 8 aromatic rings. The highest BCUT2D eigenvalue weighted by Crippen LogP contribution is 2.37. The standard InChI is InChI=1S/C41H35N11S2/c42-25-34-13-16-40(54-34)36-15-12-33(24-38(36)44-17-19-51-27-43-26-47-51)49-31-9-4-6-29(22-31)41-46-28-52(50-41)20-18-45-37-23-32(48-30-7-2-1-3-8-30)11-14-35(37)39-10-5-21-53-39/h1-16,21-24,26-28,44-45,48-49H,17-20H2. The minimum absolute atomic E-state index is 0.643. The van der Waals surface area contributed by atoms with E-state index in [0.29, 0.717) is 36.9 Å². The molecule has 0 aliphatic rings. The van der Waals surface area contributed by atoms with Crippen molar-refractivity contribution in [3.8, 4) is 38.3 Å². The maximum absolute atomic E-state index is 9.40. The Morgan fingerprint density at radius 2 is 1.37 bits per heavy atom. The van der Waals surface area contributed by atoms with E-state index in [0.717, 1.165) is 55.7 Å². The molecule has 4 aromatic heterocycles. The van der Waals surface area contributed by atoms with Gasteiger partial charge in [-0.15, -0.1) is 22.7 Å². The van der Waals surface area contributed by atoms with E-state index in [1.165, 1.54) is 22.5 Å². The molecule has 8 rings (SSSR count). The maximum atomic E-state index is 9.40. The fraction of sp³-hybridized carbons (Fsp3) is 0.0976. The molecule has 0 aliphatic carbocycles. The summed E-state index contributed by atoms with van der Waals surface area (Å²) in [6.45, 7) is 2.64. The molecule has 0 atom stereocenters. The largest absolute Gasteiger partial charge is 0.383 e. The van der Waals surface area contributed by atoms with Gasteiger partial charge in [0, 0.05) is 73.7 Å². The number of nitriles is 1. The van der Waals surface area contributed by atoms with Crippen molar-refractivity contribution in [2.75, 3.05) is 34.4 Å². The van der Waals surface area contributed by atoms with Crippen LogP contribution in [0, 0.1) is 11.3 Å². The van der Waals surface area contributed by atoms with Gasteiger partial charge in [0.25, 0.3) is 0 Å². The number of nitrogens with one attached hydrogen (secondary N) is 4. The zero-order chi connectivity index (χ0) is 36.5. The van der Waals surface area contributed by atoms with Gasteiger partial charge in [-0.3, -0.25) is 9.36 Å². The molecule has 0 unspecified atom stereocenters. The molecule has 4 N–H and O–H groups in total. The third-order valence-electron chi connectivity index (χ3n) is 8.60. The Morgan fingerprint density at radius 1 is 0.648 bits per heavy atom. The third kappa shape index (κ3) is 8.31. The Labute approximate surface area is 320 Å². The molecular weight excluding hydrogens is 711 g/mol. The predicted octanol–water partition coefficient (Wildman–Crippen LogP) is 9.58. The van der Waals surface area contributed by atoms with Gasteiger partial charge in [0.2, 0.25) is 0 Å². The number of hydrogen-bond donors (Lipinski definition) is 4. The molecule has 266 valence electrons. The van der Waals surface area contributed by atoms with Crippen molar-refractivity contribution in [2.24, 2.45) is 0 Å². The first-order chi connectivity index (χ1) is 26.7. The molecule has 54 heavy (non-hydrogen) atoms. The normalized spacial score (nSPS) is 10.9. The van der Waals surface area contributed by atoms with Crippen molar-refractivity contribution in [1.82, 2.24) is 29.5 Å². The summed E-state index contributed by atoms with van der Waals surface area (Å²) in [6.07, 6.45) is 5.02. The highest BCUT2D eigenvalue weighted by molar-refractivity contribution is 7.16. The molecule has 0 amide bonds. The van der Waals surface area contributed by atoms with E-state index in [1.54, 1.807) is 28.7 Å². The Bertz CT molecular complexity index is 2480. The second-order valence-electron chi connectivity index (χ2n) is 12.3. The number of thiophene rings is 2. The number of rotatable bonds is 15. The SMILES string of the molecule is N#Cc1ccc(-c2ccc(Nc3cccc(-c4ncn(CCNc5cc(Nc6ccccc6)ccc5-c5cccs5)n4)c3)cc2NCCn2cncn2)s1. The van der Waals surface area contributed by atoms with Crippen LogP contribution in [-0.2, 0) is 13.1 Å². The topological polar surface area (TPSA) is 133 Å². The van der Waals surface area contributed by atoms with Gasteiger partial charge in [0.15, 0.2) is 5.82 Å². The molecule has 0 aliphatic heterocycles. The van der Waals surface area contributed by atoms with Gasteiger partial charge in [-0.05, 0) is 84.2 Å². The van der Waals surface area contributed by atoms with E-state index in [2.05, 4.69) is 108 Å². The molecule has 0 bridgehead atoms. The molecule has 4 heterocycles. The molecule has 0 radical (unpaired) electrons. The number of nitrogens with zero attached hydrogens (tertiary/aromatic N) is 7. The van der Waals surface area contributed by atoms with Crippen LogP contribution >= 0.6 is 22.7 Å². The first-order valence-electron chi connectivity index (χ1n) is 17.4. The van der Waals surface area contributed by atoms with Crippen LogP contribution < -0.4 is 21.3 Å². The van der Waals surface area contributed by atoms with Crippen LogP contribution in [0.25, 0.3) is 32.3 Å². The molecule has 4 aromatic carbocycles. The van der Waals surface area contributed by atoms with Gasteiger partial charge >= 0.3 is 0 Å². The van der Waals surface area contributed by atoms with Crippen LogP contribution in [0.2, 0.25) is 0 Å². The maximum Gasteiger partial charge on any atom is 0.181 e. The van der Waals surface area contributed by atoms with Gasteiger partial charge in [0.05, 0.1) is 13.1 Å². The van der Waals surface area contributed by atoms with Crippen LogP contribution in [0.4, 0.5) is 34.1 Å². The van der Waals surface area contributed by atoms with E-state index in [4.69, 9.17) is 5.10 Å². The van der Waals surface area contributed by atoms with Crippen LogP contribution in [0.5, 0.6) is 0 Å². The number of para-hydroxylation sites is 1. The molecule has 0 saturated carbocycles. The first-order valence-corrected chi connectivity index (χ1v) is 19.1. The summed E-state index contributed by atoms with van der Waals surface area (Å²) in [5.41, 5.74) is 9.02. The molecule has 0 fully saturated rings. The van der Waals surface area contributed by atoms with Gasteiger partial charge in [-0.2, -0.15) is 15.5 Å². The van der Waals surface area contributed by atoms with Crippen molar-refractivity contribution in [3.05, 3.63) is 145 Å². The Balaban J connectivity index is 0.941. The zero-order valence-electron chi connectivity index (χ0n) is 29.1. The lowest BCUT2D eigenvalue weighted by atomic mass is 10.1. The first kappa shape index (κ1) is 34.3. The second-order valence-corrected chi connectivity index (χ2v) is 14.3. The van der Waals surface area contributed by atoms with Gasteiger partial charge < -0.3 is 21.3 Å². The van der Waals surface area contributed by atoms with Gasteiger partial charge in [-0.25, -0.2) is 9.97 Å². The Kier molecular flexibility index (Phi) is 10.4. The Morgan fingerprint density at radius 3 is 2.07 bits per heavy atom. The number of aromatic nitrogens is 6. The monoisotopic (exact) mass is 745 g/mol. The van der Waals surface area contributed by atoms with Gasteiger partial charge in [0.1, 0.15) is 29.9 Å². The summed E-state index contributed by atoms with van der Waals surface area (Å²) >= 11 is 3.20. The van der Waals surface area contributed by atoms with Crippen molar-refractivity contribution < 1.29 is 0 Å². The highest BCUT2D eigenvalue weighted by Gasteiger charge is 2.12. The fourth-order valence-electron chi connectivity index (χ4n) is 6.02. The molecule has 13 heteroatoms. The summed E-state index contributed by atoms with van der Waals surface area (Å²) in [6, 6.07) is 41.3. The van der Waals surface area contributed by atoms with Gasteiger partial charge in [-0.1, -0.05) is 36.4 Å². The average Bonchev–Trinajstić information content (AvgIpc) is 4.05. The average molecular weight is 746 g/mol. The second kappa shape index (κ2) is 16.3. The lowest BCUT2D eigenvalue weighted by molar-refractivity contribution is 0.636. The molecule has 0 spiro atoms. The van der Waals surface area contributed by atoms with Crippen LogP contribution in [0.15, 0.2) is 140 Å². The number of anilines is 6. The van der Waals surface area contributed by atoms with E-state index in [9.17, 15) is 5.26 Å². The van der Waals surface area contributed by atoms with Crippen LogP contribution in [-0.4, -0.2) is 42.6 Å². The fourth-order valence-corrected chi connectivity index (χ4v) is 7.63. The van der Waals surface area contributed by atoms with E-state index in [-0.39, 0.29) is 0 Å². The van der Waals surface area contributed by atoms with Crippen molar-refractivity contribution >= 4 is 56.8 Å². The molecular formula is C41H35N11S2. The minimum Gasteiger partial charge on any atom is -0.383 e. The third-order valence-corrected chi connectivity index (χ3v) is 10.5. The van der Waals surface area contributed by atoms with Crippen molar-refractivity contribution in [1.29, 1.82) is 5.26 Å². The van der Waals surface area contributed by atoms with E-state index >= 15 is 0 Å². The quantitative estimate of drug-likeness (QED) is 0.0810. The lowest BCUT2D eigenvalue weighted by Gasteiger charge is -2.15. The van der Waals surface area contributed by atoms with E-state index < -0.39 is 0 Å². The summed E-state index contributed by atoms with van der Waals surface area (Å²) in [4.78, 5) is 11.6. The predicted molar refractivity (Wildman–Crippen MR) is 220 cm³/mol. The zero-order valence-corrected chi connectivity index (χ0v) is 30.7. The van der Waals surface area contributed by atoms with Crippen molar-refractivity contribution in [2.45, 2.75) is 13.1 Å². The summed E-state index contributed by atoms with van der Waals surface area (Å²) in [5, 5.41) is 34.8. The Hall–Kier alpha value is -6.75.